The van der Waals surface area contributed by atoms with Gasteiger partial charge >= 0.3 is 0 Å². The van der Waals surface area contributed by atoms with E-state index in [1.807, 2.05) is 13.0 Å². The number of rotatable bonds is 3. The molecule has 18 heavy (non-hydrogen) atoms. The van der Waals surface area contributed by atoms with Gasteiger partial charge in [0.05, 0.1) is 5.69 Å². The Balaban J connectivity index is 1.97. The lowest BCUT2D eigenvalue weighted by Crippen LogP contribution is -2.14. The molecule has 100 valence electrons. The first-order chi connectivity index (χ1) is 8.66. The summed E-state index contributed by atoms with van der Waals surface area (Å²) >= 11 is 12.0. The summed E-state index contributed by atoms with van der Waals surface area (Å²) in [6.45, 7) is 3.00. The fraction of sp³-hybridized carbons (Fsp3) is 0.643. The van der Waals surface area contributed by atoms with E-state index in [-0.39, 0.29) is 0 Å². The van der Waals surface area contributed by atoms with E-state index in [4.69, 9.17) is 23.2 Å². The highest BCUT2D eigenvalue weighted by Crippen LogP contribution is 2.28. The number of hydrogen-bond donors (Lipinski definition) is 1. The van der Waals surface area contributed by atoms with Crippen molar-refractivity contribution in [3.05, 3.63) is 21.9 Å². The van der Waals surface area contributed by atoms with E-state index in [1.165, 1.54) is 38.5 Å². The van der Waals surface area contributed by atoms with Crippen LogP contribution < -0.4 is 5.32 Å². The molecule has 4 heteroatoms. The molecule has 0 aliphatic heterocycles. The number of pyridine rings is 1. The zero-order valence-corrected chi connectivity index (χ0v) is 12.3. The molecule has 2 rings (SSSR count). The lowest BCUT2D eigenvalue weighted by molar-refractivity contribution is 0.483. The molecule has 0 unspecified atom stereocenters. The molecular weight excluding hydrogens is 267 g/mol. The van der Waals surface area contributed by atoms with Crippen molar-refractivity contribution in [1.29, 1.82) is 0 Å². The van der Waals surface area contributed by atoms with Crippen LogP contribution in [0.4, 0.5) is 5.69 Å². The summed E-state index contributed by atoms with van der Waals surface area (Å²) in [7, 11) is 0. The van der Waals surface area contributed by atoms with Crippen LogP contribution in [0.5, 0.6) is 0 Å². The maximum absolute atomic E-state index is 6.13. The van der Waals surface area contributed by atoms with Crippen LogP contribution in [0.1, 0.15) is 44.1 Å². The first kappa shape index (κ1) is 14.0. The smallest absolute Gasteiger partial charge is 0.154 e. The maximum Gasteiger partial charge on any atom is 0.154 e. The number of halogens is 2. The molecule has 0 amide bonds. The largest absolute Gasteiger partial charge is 0.382 e. The predicted molar refractivity (Wildman–Crippen MR) is 78.7 cm³/mol. The number of nitrogens with zero attached hydrogens (tertiary/aromatic N) is 1. The first-order valence-electron chi connectivity index (χ1n) is 6.73. The second-order valence-corrected chi connectivity index (χ2v) is 5.91. The van der Waals surface area contributed by atoms with Crippen LogP contribution in [0.25, 0.3) is 0 Å². The minimum Gasteiger partial charge on any atom is -0.382 e. The van der Waals surface area contributed by atoms with E-state index >= 15 is 0 Å². The standard InChI is InChI=1S/C14H20Cl2N2/c1-10-8-12(15)18-14(16)13(10)17-9-11-6-4-2-3-5-7-11/h8,11,17H,2-7,9H2,1H3. The van der Waals surface area contributed by atoms with Gasteiger partial charge in [0, 0.05) is 6.54 Å². The number of aryl methyl sites for hydroxylation is 1. The maximum atomic E-state index is 6.13. The third-order valence-corrected chi connectivity index (χ3v) is 4.15. The van der Waals surface area contributed by atoms with Gasteiger partial charge in [-0.2, -0.15) is 0 Å². The van der Waals surface area contributed by atoms with Gasteiger partial charge in [0.15, 0.2) is 5.15 Å². The fourth-order valence-corrected chi connectivity index (χ4v) is 3.22. The fourth-order valence-electron chi connectivity index (χ4n) is 2.62. The summed E-state index contributed by atoms with van der Waals surface area (Å²) in [4.78, 5) is 4.09. The Morgan fingerprint density at radius 3 is 2.50 bits per heavy atom. The van der Waals surface area contributed by atoms with Crippen molar-refractivity contribution >= 4 is 28.9 Å². The van der Waals surface area contributed by atoms with Crippen molar-refractivity contribution < 1.29 is 0 Å². The van der Waals surface area contributed by atoms with Gasteiger partial charge in [-0.05, 0) is 37.3 Å². The van der Waals surface area contributed by atoms with Crippen LogP contribution in [0.2, 0.25) is 10.3 Å². The van der Waals surface area contributed by atoms with E-state index in [1.54, 1.807) is 0 Å². The van der Waals surface area contributed by atoms with E-state index < -0.39 is 0 Å². The molecule has 0 radical (unpaired) electrons. The van der Waals surface area contributed by atoms with Gasteiger partial charge in [-0.3, -0.25) is 0 Å². The molecule has 1 N–H and O–H groups in total. The normalized spacial score (nSPS) is 17.5. The topological polar surface area (TPSA) is 24.9 Å². The molecule has 0 atom stereocenters. The SMILES string of the molecule is Cc1cc(Cl)nc(Cl)c1NCC1CCCCCC1. The highest BCUT2D eigenvalue weighted by Gasteiger charge is 2.14. The highest BCUT2D eigenvalue weighted by molar-refractivity contribution is 6.34. The van der Waals surface area contributed by atoms with Gasteiger partial charge < -0.3 is 5.32 Å². The quantitative estimate of drug-likeness (QED) is 0.619. The van der Waals surface area contributed by atoms with Crippen LogP contribution in [0.15, 0.2) is 6.07 Å². The first-order valence-corrected chi connectivity index (χ1v) is 7.49. The van der Waals surface area contributed by atoms with Crippen LogP contribution in [-0.2, 0) is 0 Å². The highest BCUT2D eigenvalue weighted by atomic mass is 35.5. The minimum atomic E-state index is 0.456. The summed E-state index contributed by atoms with van der Waals surface area (Å²) in [5, 5.41) is 4.39. The van der Waals surface area contributed by atoms with E-state index in [2.05, 4.69) is 10.3 Å². The van der Waals surface area contributed by atoms with Crippen molar-refractivity contribution in [2.45, 2.75) is 45.4 Å². The van der Waals surface area contributed by atoms with Crippen molar-refractivity contribution in [3.63, 3.8) is 0 Å². The van der Waals surface area contributed by atoms with E-state index in [0.717, 1.165) is 23.7 Å². The molecule has 1 aromatic rings. The summed E-state index contributed by atoms with van der Waals surface area (Å²) in [5.41, 5.74) is 2.00. The molecule has 1 aliphatic rings. The lowest BCUT2D eigenvalue weighted by Gasteiger charge is -2.17. The zero-order valence-electron chi connectivity index (χ0n) is 10.8. The second kappa shape index (κ2) is 6.63. The third-order valence-electron chi connectivity index (χ3n) is 3.68. The molecule has 0 spiro atoms. The van der Waals surface area contributed by atoms with Crippen LogP contribution in [0.3, 0.4) is 0 Å². The number of aromatic nitrogens is 1. The summed E-state index contributed by atoms with van der Waals surface area (Å²) in [6, 6.07) is 1.85. The average molecular weight is 287 g/mol. The number of nitrogens with one attached hydrogen (secondary N) is 1. The van der Waals surface area contributed by atoms with Crippen LogP contribution in [0, 0.1) is 12.8 Å². The van der Waals surface area contributed by atoms with Gasteiger partial charge in [0.25, 0.3) is 0 Å². The van der Waals surface area contributed by atoms with Crippen molar-refractivity contribution in [3.8, 4) is 0 Å². The van der Waals surface area contributed by atoms with Crippen molar-refractivity contribution in [2.75, 3.05) is 11.9 Å². The minimum absolute atomic E-state index is 0.456. The molecular formula is C14H20Cl2N2. The summed E-state index contributed by atoms with van der Waals surface area (Å²) < 4.78 is 0. The molecule has 1 aromatic heterocycles. The molecule has 2 nitrogen and oxygen atoms in total. The number of hydrogen-bond acceptors (Lipinski definition) is 2. The van der Waals surface area contributed by atoms with Gasteiger partial charge in [-0.15, -0.1) is 0 Å². The van der Waals surface area contributed by atoms with Gasteiger partial charge in [0.1, 0.15) is 5.15 Å². The average Bonchev–Trinajstić information content (AvgIpc) is 2.56. The molecule has 0 aromatic carbocycles. The molecule has 0 bridgehead atoms. The predicted octanol–water partition coefficient (Wildman–Crippen LogP) is 5.08. The Hall–Kier alpha value is -0.470. The molecule has 0 saturated heterocycles. The lowest BCUT2D eigenvalue weighted by atomic mass is 10.0. The second-order valence-electron chi connectivity index (χ2n) is 5.17. The van der Waals surface area contributed by atoms with Crippen molar-refractivity contribution in [2.24, 2.45) is 5.92 Å². The summed E-state index contributed by atoms with van der Waals surface area (Å²) in [6.07, 6.45) is 8.14. The molecule has 1 fully saturated rings. The van der Waals surface area contributed by atoms with Gasteiger partial charge in [0.2, 0.25) is 0 Å². The van der Waals surface area contributed by atoms with Gasteiger partial charge in [-0.1, -0.05) is 48.9 Å². The van der Waals surface area contributed by atoms with Crippen molar-refractivity contribution in [1.82, 2.24) is 4.98 Å². The third kappa shape index (κ3) is 3.76. The van der Waals surface area contributed by atoms with Gasteiger partial charge in [-0.25, -0.2) is 4.98 Å². The zero-order chi connectivity index (χ0) is 13.0. The Morgan fingerprint density at radius 1 is 1.22 bits per heavy atom. The Kier molecular flexibility index (Phi) is 5.13. The molecule has 1 aliphatic carbocycles. The summed E-state index contributed by atoms with van der Waals surface area (Å²) in [5.74, 6) is 0.763. The van der Waals surface area contributed by atoms with Crippen LogP contribution >= 0.6 is 23.2 Å². The van der Waals surface area contributed by atoms with E-state index in [0.29, 0.717) is 10.3 Å². The Morgan fingerprint density at radius 2 is 1.89 bits per heavy atom. The Bertz CT molecular complexity index is 376. The van der Waals surface area contributed by atoms with E-state index in [9.17, 15) is 0 Å². The number of anilines is 1. The van der Waals surface area contributed by atoms with Crippen LogP contribution in [-0.4, -0.2) is 11.5 Å². The molecule has 1 heterocycles. The molecule has 1 saturated carbocycles. The Labute approximate surface area is 119 Å². The monoisotopic (exact) mass is 286 g/mol.